The number of nitrogens with one attached hydrogen (secondary N) is 1. The van der Waals surface area contributed by atoms with Crippen molar-refractivity contribution < 1.29 is 9.53 Å². The quantitative estimate of drug-likeness (QED) is 0.589. The second-order valence-corrected chi connectivity index (χ2v) is 7.23. The number of amides is 1. The van der Waals surface area contributed by atoms with Gasteiger partial charge in [-0.05, 0) is 54.7 Å². The van der Waals surface area contributed by atoms with Gasteiger partial charge in [0.05, 0.1) is 12.8 Å². The lowest BCUT2D eigenvalue weighted by molar-refractivity contribution is -0.113. The number of rotatable bonds is 4. The van der Waals surface area contributed by atoms with Gasteiger partial charge in [-0.2, -0.15) is 0 Å². The lowest BCUT2D eigenvalue weighted by atomic mass is 10.1. The number of hydrogen-bond acceptors (Lipinski definition) is 4. The largest absolute Gasteiger partial charge is 0.496 e. The first-order chi connectivity index (χ1) is 12.4. The molecule has 1 aliphatic heterocycles. The molecule has 7 heteroatoms. The van der Waals surface area contributed by atoms with Crippen LogP contribution in [0.4, 0.5) is 11.4 Å². The molecule has 0 aliphatic carbocycles. The van der Waals surface area contributed by atoms with E-state index in [0.717, 1.165) is 15.7 Å². The van der Waals surface area contributed by atoms with E-state index >= 15 is 0 Å². The number of thiocarbonyl (C=S) groups is 1. The molecule has 0 unspecified atom stereocenters. The van der Waals surface area contributed by atoms with Crippen molar-refractivity contribution in [3.05, 3.63) is 58.2 Å². The first kappa shape index (κ1) is 18.4. The molecule has 0 spiro atoms. The first-order valence-electron chi connectivity index (χ1n) is 7.89. The zero-order chi connectivity index (χ0) is 18.8. The fraction of sp³-hybridized carbons (Fsp3) is 0.158. The summed E-state index contributed by atoms with van der Waals surface area (Å²) in [5.41, 5.74) is 2.94. The van der Waals surface area contributed by atoms with E-state index in [1.54, 1.807) is 13.2 Å². The highest BCUT2D eigenvalue weighted by Crippen LogP contribution is 2.29. The number of anilines is 2. The highest BCUT2D eigenvalue weighted by Gasteiger charge is 2.32. The maximum atomic E-state index is 12.8. The number of nitrogens with zero attached hydrogens (tertiary/aromatic N) is 2. The molecule has 1 N–H and O–H groups in total. The number of ether oxygens (including phenoxy) is 1. The lowest BCUT2D eigenvalue weighted by Gasteiger charge is -2.15. The first-order valence-corrected chi connectivity index (χ1v) is 9.09. The average molecular weight is 432 g/mol. The van der Waals surface area contributed by atoms with Gasteiger partial charge in [0, 0.05) is 35.9 Å². The molecule has 1 amide bonds. The molecule has 1 saturated heterocycles. The Kier molecular flexibility index (Phi) is 5.29. The molecule has 0 aromatic heterocycles. The van der Waals surface area contributed by atoms with Gasteiger partial charge in [0.25, 0.3) is 5.91 Å². The van der Waals surface area contributed by atoms with Gasteiger partial charge in [-0.25, -0.2) is 0 Å². The van der Waals surface area contributed by atoms with Crippen molar-refractivity contribution in [1.29, 1.82) is 0 Å². The number of halogens is 1. The van der Waals surface area contributed by atoms with Gasteiger partial charge < -0.3 is 15.0 Å². The van der Waals surface area contributed by atoms with Gasteiger partial charge in [0.2, 0.25) is 0 Å². The second kappa shape index (κ2) is 7.47. The van der Waals surface area contributed by atoms with Crippen molar-refractivity contribution in [3.8, 4) is 5.75 Å². The number of carbonyl (C=O) groups excluding carboxylic acids is 1. The Morgan fingerprint density at radius 3 is 2.50 bits per heavy atom. The molecule has 26 heavy (non-hydrogen) atoms. The minimum absolute atomic E-state index is 0.198. The Morgan fingerprint density at radius 2 is 1.88 bits per heavy atom. The molecule has 2 aromatic carbocycles. The Morgan fingerprint density at radius 1 is 1.19 bits per heavy atom. The van der Waals surface area contributed by atoms with Crippen molar-refractivity contribution in [2.24, 2.45) is 0 Å². The maximum Gasteiger partial charge on any atom is 0.281 e. The molecule has 134 valence electrons. The van der Waals surface area contributed by atoms with Gasteiger partial charge in [-0.15, -0.1) is 0 Å². The molecule has 0 saturated carbocycles. The molecular weight excluding hydrogens is 414 g/mol. The third-order valence-corrected chi connectivity index (χ3v) is 4.81. The van der Waals surface area contributed by atoms with Crippen LogP contribution in [0, 0.1) is 0 Å². The highest BCUT2D eigenvalue weighted by molar-refractivity contribution is 9.10. The molecule has 1 fully saturated rings. The molecule has 1 aliphatic rings. The summed E-state index contributed by atoms with van der Waals surface area (Å²) in [5.74, 6) is 0.488. The van der Waals surface area contributed by atoms with Crippen LogP contribution in [0.25, 0.3) is 6.08 Å². The predicted molar refractivity (Wildman–Crippen MR) is 113 cm³/mol. The van der Waals surface area contributed by atoms with Gasteiger partial charge in [-0.3, -0.25) is 9.69 Å². The second-order valence-electron chi connectivity index (χ2n) is 5.93. The monoisotopic (exact) mass is 431 g/mol. The van der Waals surface area contributed by atoms with Crippen molar-refractivity contribution in [2.75, 3.05) is 31.0 Å². The Labute approximate surface area is 166 Å². The average Bonchev–Trinajstić information content (AvgIpc) is 2.89. The molecule has 0 bridgehead atoms. The molecule has 3 rings (SSSR count). The summed E-state index contributed by atoms with van der Waals surface area (Å²) in [6.07, 6.45) is 1.76. The highest BCUT2D eigenvalue weighted by atomic mass is 79.9. The molecule has 5 nitrogen and oxygen atoms in total. The Balaban J connectivity index is 1.94. The predicted octanol–water partition coefficient (Wildman–Crippen LogP) is 3.79. The lowest BCUT2D eigenvalue weighted by Crippen LogP contribution is -2.30. The van der Waals surface area contributed by atoms with E-state index in [1.165, 1.54) is 4.90 Å². The third-order valence-electron chi connectivity index (χ3n) is 4.00. The maximum absolute atomic E-state index is 12.8. The van der Waals surface area contributed by atoms with Crippen LogP contribution >= 0.6 is 28.1 Å². The van der Waals surface area contributed by atoms with Crippen molar-refractivity contribution in [1.82, 2.24) is 5.32 Å². The fourth-order valence-corrected chi connectivity index (χ4v) is 3.18. The summed E-state index contributed by atoms with van der Waals surface area (Å²) >= 11 is 8.74. The fourth-order valence-electron chi connectivity index (χ4n) is 2.61. The summed E-state index contributed by atoms with van der Waals surface area (Å²) < 4.78 is 6.41. The van der Waals surface area contributed by atoms with Crippen LogP contribution < -0.4 is 19.9 Å². The van der Waals surface area contributed by atoms with E-state index in [4.69, 9.17) is 17.0 Å². The Hall–Kier alpha value is -2.38. The zero-order valence-electron chi connectivity index (χ0n) is 14.6. The number of hydrogen-bond donors (Lipinski definition) is 1. The van der Waals surface area contributed by atoms with Crippen molar-refractivity contribution in [3.63, 3.8) is 0 Å². The van der Waals surface area contributed by atoms with Crippen LogP contribution in [-0.4, -0.2) is 32.2 Å². The molecule has 2 aromatic rings. The summed E-state index contributed by atoms with van der Waals surface area (Å²) in [7, 11) is 5.53. The van der Waals surface area contributed by atoms with E-state index in [-0.39, 0.29) is 5.91 Å². The van der Waals surface area contributed by atoms with Gasteiger partial charge in [0.1, 0.15) is 11.4 Å². The summed E-state index contributed by atoms with van der Waals surface area (Å²) in [4.78, 5) is 16.3. The van der Waals surface area contributed by atoms with E-state index in [2.05, 4.69) is 21.2 Å². The summed E-state index contributed by atoms with van der Waals surface area (Å²) in [6, 6.07) is 13.2. The third kappa shape index (κ3) is 3.59. The number of methoxy groups -OCH3 is 1. The van der Waals surface area contributed by atoms with Crippen molar-refractivity contribution in [2.45, 2.75) is 0 Å². The van der Waals surface area contributed by atoms with E-state index < -0.39 is 0 Å². The summed E-state index contributed by atoms with van der Waals surface area (Å²) in [6.45, 7) is 0. The standard InChI is InChI=1S/C19H18BrN3O2S/c1-22(2)15-7-4-12(17(11-15)25-3)10-16-18(24)23(19(26)21-16)14-8-5-13(20)6-9-14/h4-11H,1-3H3,(H,21,26). The van der Waals surface area contributed by atoms with E-state index in [1.807, 2.05) is 61.5 Å². The minimum atomic E-state index is -0.198. The number of carbonyl (C=O) groups is 1. The normalized spacial score (nSPS) is 15.4. The number of benzene rings is 2. The van der Waals surface area contributed by atoms with Crippen molar-refractivity contribution >= 4 is 56.6 Å². The minimum Gasteiger partial charge on any atom is -0.496 e. The van der Waals surface area contributed by atoms with Crippen LogP contribution in [-0.2, 0) is 4.79 Å². The molecule has 0 radical (unpaired) electrons. The molecular formula is C19H18BrN3O2S. The van der Waals surface area contributed by atoms with Crippen LogP contribution in [0.5, 0.6) is 5.75 Å². The van der Waals surface area contributed by atoms with E-state index in [9.17, 15) is 4.79 Å². The van der Waals surface area contributed by atoms with Crippen LogP contribution in [0.1, 0.15) is 5.56 Å². The topological polar surface area (TPSA) is 44.8 Å². The van der Waals surface area contributed by atoms with Gasteiger partial charge in [-0.1, -0.05) is 15.9 Å². The van der Waals surface area contributed by atoms with Crippen LogP contribution in [0.2, 0.25) is 0 Å². The molecule has 0 atom stereocenters. The SMILES string of the molecule is COc1cc(N(C)C)ccc1C=C1NC(=S)N(c2ccc(Br)cc2)C1=O. The summed E-state index contributed by atoms with van der Waals surface area (Å²) in [5, 5.41) is 3.35. The van der Waals surface area contributed by atoms with Gasteiger partial charge in [0.15, 0.2) is 5.11 Å². The van der Waals surface area contributed by atoms with Gasteiger partial charge >= 0.3 is 0 Å². The van der Waals surface area contributed by atoms with E-state index in [0.29, 0.717) is 22.2 Å². The van der Waals surface area contributed by atoms with Crippen LogP contribution in [0.3, 0.4) is 0 Å². The van der Waals surface area contributed by atoms with Crippen LogP contribution in [0.15, 0.2) is 52.6 Å². The Bertz CT molecular complexity index is 894. The zero-order valence-corrected chi connectivity index (χ0v) is 17.0. The smallest absolute Gasteiger partial charge is 0.281 e. The molecule has 1 heterocycles.